The molecule has 2 aromatic carbocycles. The van der Waals surface area contributed by atoms with E-state index in [2.05, 4.69) is 10.6 Å². The van der Waals surface area contributed by atoms with Gasteiger partial charge in [0.05, 0.1) is 6.04 Å². The van der Waals surface area contributed by atoms with E-state index in [9.17, 15) is 4.79 Å². The molecule has 110 valence electrons. The fourth-order valence-electron chi connectivity index (χ4n) is 2.04. The number of rotatable bonds is 4. The van der Waals surface area contributed by atoms with Crippen LogP contribution in [0.4, 0.5) is 10.5 Å². The summed E-state index contributed by atoms with van der Waals surface area (Å²) in [5, 5.41) is 6.82. The molecule has 0 spiro atoms. The molecule has 0 heterocycles. The van der Waals surface area contributed by atoms with Gasteiger partial charge in [0.15, 0.2) is 0 Å². The van der Waals surface area contributed by atoms with Gasteiger partial charge in [-0.3, -0.25) is 0 Å². The van der Waals surface area contributed by atoms with Crippen molar-refractivity contribution in [3.63, 3.8) is 0 Å². The van der Waals surface area contributed by atoms with Crippen LogP contribution < -0.4 is 10.6 Å². The Hall–Kier alpha value is -1.71. The highest BCUT2D eigenvalue weighted by molar-refractivity contribution is 6.34. The molecule has 5 heteroatoms. The maximum atomic E-state index is 12.0. The molecule has 0 aliphatic heterocycles. The van der Waals surface area contributed by atoms with Crippen LogP contribution in [-0.4, -0.2) is 6.03 Å². The van der Waals surface area contributed by atoms with Gasteiger partial charge in [-0.1, -0.05) is 48.3 Å². The smallest absolute Gasteiger partial charge is 0.319 e. The van der Waals surface area contributed by atoms with E-state index in [1.807, 2.05) is 49.4 Å². The van der Waals surface area contributed by atoms with Crippen molar-refractivity contribution in [3.8, 4) is 0 Å². The first-order valence-electron chi connectivity index (χ1n) is 6.67. The Kier molecular flexibility index (Phi) is 5.48. The third-order valence-electron chi connectivity index (χ3n) is 3.03. The summed E-state index contributed by atoms with van der Waals surface area (Å²) < 4.78 is 0. The van der Waals surface area contributed by atoms with Crippen molar-refractivity contribution in [1.82, 2.24) is 5.32 Å². The second kappa shape index (κ2) is 7.34. The van der Waals surface area contributed by atoms with Crippen LogP contribution in [0, 0.1) is 0 Å². The predicted molar refractivity (Wildman–Crippen MR) is 88.1 cm³/mol. The molecule has 0 aromatic heterocycles. The van der Waals surface area contributed by atoms with Crippen LogP contribution in [0.5, 0.6) is 0 Å². The van der Waals surface area contributed by atoms with E-state index in [1.165, 1.54) is 0 Å². The standard InChI is InChI=1S/C16H16Cl2N2O/c1-2-15(11-8-12(17)10-13(18)9-11)20-16(21)19-14-6-4-3-5-7-14/h3-10,15H,2H2,1H3,(H2,19,20,21). The second-order valence-corrected chi connectivity index (χ2v) is 5.50. The average Bonchev–Trinajstić information content (AvgIpc) is 2.44. The molecule has 0 bridgehead atoms. The number of amides is 2. The lowest BCUT2D eigenvalue weighted by Gasteiger charge is -2.18. The number of carbonyl (C=O) groups excluding carboxylic acids is 1. The summed E-state index contributed by atoms with van der Waals surface area (Å²) in [5.41, 5.74) is 1.63. The lowest BCUT2D eigenvalue weighted by atomic mass is 10.0. The summed E-state index contributed by atoms with van der Waals surface area (Å²) in [7, 11) is 0. The molecule has 0 aliphatic rings. The number of hydrogen-bond acceptors (Lipinski definition) is 1. The highest BCUT2D eigenvalue weighted by Crippen LogP contribution is 2.25. The summed E-state index contributed by atoms with van der Waals surface area (Å²) >= 11 is 12.0. The molecule has 0 saturated carbocycles. The molecule has 3 nitrogen and oxygen atoms in total. The Balaban J connectivity index is 2.06. The summed E-state index contributed by atoms with van der Waals surface area (Å²) in [6, 6.07) is 14.2. The molecule has 1 unspecified atom stereocenters. The van der Waals surface area contributed by atoms with E-state index in [4.69, 9.17) is 23.2 Å². The average molecular weight is 323 g/mol. The zero-order valence-corrected chi connectivity index (χ0v) is 13.1. The largest absolute Gasteiger partial charge is 0.331 e. The van der Waals surface area contributed by atoms with Crippen LogP contribution in [0.1, 0.15) is 24.9 Å². The van der Waals surface area contributed by atoms with Crippen LogP contribution in [0.15, 0.2) is 48.5 Å². The number of anilines is 1. The van der Waals surface area contributed by atoms with Crippen LogP contribution >= 0.6 is 23.2 Å². The first-order chi connectivity index (χ1) is 10.1. The Morgan fingerprint density at radius 1 is 1.10 bits per heavy atom. The maximum absolute atomic E-state index is 12.0. The van der Waals surface area contributed by atoms with Gasteiger partial charge in [0.2, 0.25) is 0 Å². The number of nitrogens with one attached hydrogen (secondary N) is 2. The minimum absolute atomic E-state index is 0.148. The first-order valence-corrected chi connectivity index (χ1v) is 7.42. The number of carbonyl (C=O) groups is 1. The molecule has 2 rings (SSSR count). The molecular formula is C16H16Cl2N2O. The van der Waals surface area contributed by atoms with Crippen molar-refractivity contribution < 1.29 is 4.79 Å². The van der Waals surface area contributed by atoms with Crippen molar-refractivity contribution in [3.05, 3.63) is 64.1 Å². The molecule has 2 N–H and O–H groups in total. The summed E-state index contributed by atoms with van der Waals surface area (Å²) in [6.07, 6.45) is 0.735. The van der Waals surface area contributed by atoms with Gasteiger partial charge >= 0.3 is 6.03 Å². The van der Waals surface area contributed by atoms with Gasteiger partial charge in [-0.05, 0) is 42.3 Å². The first kappa shape index (κ1) is 15.7. The molecule has 0 radical (unpaired) electrons. The van der Waals surface area contributed by atoms with Crippen molar-refractivity contribution in [2.24, 2.45) is 0 Å². The zero-order chi connectivity index (χ0) is 15.2. The molecule has 0 aliphatic carbocycles. The molecule has 21 heavy (non-hydrogen) atoms. The van der Waals surface area contributed by atoms with E-state index in [1.54, 1.807) is 6.07 Å². The summed E-state index contributed by atoms with van der Waals surface area (Å²) in [5.74, 6) is 0. The van der Waals surface area contributed by atoms with Gasteiger partial charge in [0.1, 0.15) is 0 Å². The Labute approximate surface area is 134 Å². The van der Waals surface area contributed by atoms with Gasteiger partial charge in [-0.25, -0.2) is 4.79 Å². The lowest BCUT2D eigenvalue weighted by molar-refractivity contribution is 0.248. The monoisotopic (exact) mass is 322 g/mol. The van der Waals surface area contributed by atoms with Crippen molar-refractivity contribution in [2.45, 2.75) is 19.4 Å². The summed E-state index contributed by atoms with van der Waals surface area (Å²) in [6.45, 7) is 1.99. The highest BCUT2D eigenvalue weighted by Gasteiger charge is 2.14. The quantitative estimate of drug-likeness (QED) is 0.791. The van der Waals surface area contributed by atoms with Crippen LogP contribution in [0.3, 0.4) is 0 Å². The minimum Gasteiger partial charge on any atom is -0.331 e. The lowest BCUT2D eigenvalue weighted by Crippen LogP contribution is -2.32. The number of urea groups is 1. The molecule has 1 atom stereocenters. The number of benzene rings is 2. The topological polar surface area (TPSA) is 41.1 Å². The Morgan fingerprint density at radius 3 is 2.29 bits per heavy atom. The van der Waals surface area contributed by atoms with Gasteiger partial charge in [0.25, 0.3) is 0 Å². The molecule has 2 aromatic rings. The van der Waals surface area contributed by atoms with Gasteiger partial charge in [0, 0.05) is 15.7 Å². The normalized spacial score (nSPS) is 11.8. The number of halogens is 2. The van der Waals surface area contributed by atoms with Crippen LogP contribution in [-0.2, 0) is 0 Å². The van der Waals surface area contributed by atoms with E-state index < -0.39 is 0 Å². The molecule has 2 amide bonds. The zero-order valence-electron chi connectivity index (χ0n) is 11.6. The fourth-order valence-corrected chi connectivity index (χ4v) is 2.59. The van der Waals surface area contributed by atoms with Crippen molar-refractivity contribution in [1.29, 1.82) is 0 Å². The molecule has 0 saturated heterocycles. The van der Waals surface area contributed by atoms with Crippen molar-refractivity contribution >= 4 is 34.9 Å². The predicted octanol–water partition coefficient (Wildman–Crippen LogP) is 5.27. The number of para-hydroxylation sites is 1. The molecular weight excluding hydrogens is 307 g/mol. The number of hydrogen-bond donors (Lipinski definition) is 2. The Bertz CT molecular complexity index is 597. The SMILES string of the molecule is CCC(NC(=O)Nc1ccccc1)c1cc(Cl)cc(Cl)c1. The van der Waals surface area contributed by atoms with E-state index in [0.29, 0.717) is 10.0 Å². The van der Waals surface area contributed by atoms with Gasteiger partial charge in [-0.15, -0.1) is 0 Å². The van der Waals surface area contributed by atoms with Gasteiger partial charge in [-0.2, -0.15) is 0 Å². The van der Waals surface area contributed by atoms with Gasteiger partial charge < -0.3 is 10.6 Å². The second-order valence-electron chi connectivity index (χ2n) is 4.63. The van der Waals surface area contributed by atoms with E-state index in [0.717, 1.165) is 17.7 Å². The maximum Gasteiger partial charge on any atom is 0.319 e. The summed E-state index contributed by atoms with van der Waals surface area (Å²) in [4.78, 5) is 12.0. The third-order valence-corrected chi connectivity index (χ3v) is 3.47. The molecule has 0 fully saturated rings. The minimum atomic E-state index is -0.260. The van der Waals surface area contributed by atoms with Crippen LogP contribution in [0.25, 0.3) is 0 Å². The highest BCUT2D eigenvalue weighted by atomic mass is 35.5. The van der Waals surface area contributed by atoms with Crippen molar-refractivity contribution in [2.75, 3.05) is 5.32 Å². The Morgan fingerprint density at radius 2 is 1.71 bits per heavy atom. The third kappa shape index (κ3) is 4.66. The van der Waals surface area contributed by atoms with E-state index in [-0.39, 0.29) is 12.1 Å². The van der Waals surface area contributed by atoms with Crippen LogP contribution in [0.2, 0.25) is 10.0 Å². The fraction of sp³-hybridized carbons (Fsp3) is 0.188. The van der Waals surface area contributed by atoms with E-state index >= 15 is 0 Å².